The number of sulfonamides is 1. The number of carbonyl (C=O) groups excluding carboxylic acids is 1. The normalized spacial score (nSPS) is 17.2. The average molecular weight is 485 g/mol. The van der Waals surface area contributed by atoms with Crippen LogP contribution >= 0.6 is 0 Å². The van der Waals surface area contributed by atoms with Crippen LogP contribution in [0.3, 0.4) is 0 Å². The molecule has 0 bridgehead atoms. The van der Waals surface area contributed by atoms with E-state index in [1.54, 1.807) is 42.3 Å². The highest BCUT2D eigenvalue weighted by molar-refractivity contribution is 7.89. The van der Waals surface area contributed by atoms with Gasteiger partial charge >= 0.3 is 0 Å². The lowest BCUT2D eigenvalue weighted by atomic mass is 10.1. The van der Waals surface area contributed by atoms with Gasteiger partial charge in [-0.2, -0.15) is 9.57 Å². The Balaban J connectivity index is 1.67. The molecule has 0 unspecified atom stereocenters. The number of rotatable bonds is 6. The van der Waals surface area contributed by atoms with Crippen molar-refractivity contribution >= 4 is 21.6 Å². The van der Waals surface area contributed by atoms with E-state index >= 15 is 0 Å². The third-order valence-electron chi connectivity index (χ3n) is 5.98. The Morgan fingerprint density at radius 2 is 1.71 bits per heavy atom. The number of benzene rings is 2. The first-order valence-corrected chi connectivity index (χ1v) is 12.6. The maximum atomic E-state index is 13.6. The zero-order valence-corrected chi connectivity index (χ0v) is 20.0. The first-order chi connectivity index (χ1) is 16.4. The van der Waals surface area contributed by atoms with Gasteiger partial charge in [-0.15, -0.1) is 0 Å². The summed E-state index contributed by atoms with van der Waals surface area (Å²) >= 11 is 0. The Kier molecular flexibility index (Phi) is 7.48. The molecule has 34 heavy (non-hydrogen) atoms. The van der Waals surface area contributed by atoms with E-state index in [0.717, 1.165) is 5.56 Å². The number of morpholine rings is 2. The van der Waals surface area contributed by atoms with Crippen molar-refractivity contribution in [2.45, 2.75) is 11.4 Å². The van der Waals surface area contributed by atoms with Gasteiger partial charge in [0.05, 0.1) is 48.5 Å². The highest BCUT2D eigenvalue weighted by Gasteiger charge is 2.29. The van der Waals surface area contributed by atoms with Gasteiger partial charge in [0.15, 0.2) is 0 Å². The van der Waals surface area contributed by atoms with Gasteiger partial charge in [0.1, 0.15) is 0 Å². The second kappa shape index (κ2) is 10.5. The Hall–Kier alpha value is -2.97. The van der Waals surface area contributed by atoms with Crippen molar-refractivity contribution in [3.63, 3.8) is 0 Å². The van der Waals surface area contributed by atoms with E-state index < -0.39 is 10.0 Å². The lowest BCUT2D eigenvalue weighted by molar-refractivity contribution is 0.0730. The van der Waals surface area contributed by atoms with Crippen LogP contribution in [-0.4, -0.2) is 83.2 Å². The van der Waals surface area contributed by atoms with Crippen molar-refractivity contribution in [2.24, 2.45) is 0 Å². The standard InChI is InChI=1S/C24H28N4O5S/c1-26(18-20-4-2-3-19(15-20)17-25)24(29)22-16-21(34(30,31)28-9-13-33-14-10-28)5-6-23(22)27-7-11-32-12-8-27/h2-6,15-16H,7-14,18H2,1H3. The van der Waals surface area contributed by atoms with E-state index in [-0.39, 0.29) is 30.4 Å². The molecular weight excluding hydrogens is 456 g/mol. The SMILES string of the molecule is CN(Cc1cccc(C#N)c1)C(=O)c1cc(S(=O)(=O)N2CCOCC2)ccc1N1CCOCC1. The summed E-state index contributed by atoms with van der Waals surface area (Å²) in [7, 11) is -2.08. The third kappa shape index (κ3) is 5.23. The van der Waals surface area contributed by atoms with Crippen LogP contribution in [0, 0.1) is 11.3 Å². The van der Waals surface area contributed by atoms with E-state index in [4.69, 9.17) is 14.7 Å². The molecule has 2 saturated heterocycles. The first-order valence-electron chi connectivity index (χ1n) is 11.2. The second-order valence-corrected chi connectivity index (χ2v) is 10.2. The molecule has 0 spiro atoms. The van der Waals surface area contributed by atoms with Gasteiger partial charge in [0.25, 0.3) is 5.91 Å². The molecule has 2 heterocycles. The highest BCUT2D eigenvalue weighted by Crippen LogP contribution is 2.28. The van der Waals surface area contributed by atoms with Gasteiger partial charge in [-0.25, -0.2) is 8.42 Å². The van der Waals surface area contributed by atoms with Crippen molar-refractivity contribution in [3.05, 3.63) is 59.2 Å². The number of nitrogens with zero attached hydrogens (tertiary/aromatic N) is 4. The highest BCUT2D eigenvalue weighted by atomic mass is 32.2. The van der Waals surface area contributed by atoms with Crippen molar-refractivity contribution in [1.82, 2.24) is 9.21 Å². The van der Waals surface area contributed by atoms with Crippen LogP contribution in [0.4, 0.5) is 5.69 Å². The molecule has 0 radical (unpaired) electrons. The lowest BCUT2D eigenvalue weighted by Crippen LogP contribution is -2.41. The molecule has 0 atom stereocenters. The molecule has 9 nitrogen and oxygen atoms in total. The zero-order valence-electron chi connectivity index (χ0n) is 19.1. The molecule has 180 valence electrons. The molecule has 2 aliphatic heterocycles. The number of carbonyl (C=O) groups is 1. The summed E-state index contributed by atoms with van der Waals surface area (Å²) in [5, 5.41) is 9.16. The van der Waals surface area contributed by atoms with Gasteiger partial charge in [0.2, 0.25) is 10.0 Å². The number of hydrogen-bond acceptors (Lipinski definition) is 7. The van der Waals surface area contributed by atoms with Crippen LogP contribution in [0.1, 0.15) is 21.5 Å². The summed E-state index contributed by atoms with van der Waals surface area (Å²) in [5.41, 5.74) is 2.35. The lowest BCUT2D eigenvalue weighted by Gasteiger charge is -2.32. The predicted molar refractivity (Wildman–Crippen MR) is 126 cm³/mol. The molecule has 0 saturated carbocycles. The van der Waals surface area contributed by atoms with E-state index in [1.165, 1.54) is 10.4 Å². The van der Waals surface area contributed by atoms with E-state index in [1.807, 2.05) is 11.0 Å². The van der Waals surface area contributed by atoms with Crippen LogP contribution in [0.25, 0.3) is 0 Å². The molecular formula is C24H28N4O5S. The van der Waals surface area contributed by atoms with Crippen molar-refractivity contribution in [3.8, 4) is 6.07 Å². The maximum Gasteiger partial charge on any atom is 0.256 e. The quantitative estimate of drug-likeness (QED) is 0.615. The Bertz CT molecular complexity index is 1180. The summed E-state index contributed by atoms with van der Waals surface area (Å²) in [4.78, 5) is 17.3. The minimum absolute atomic E-state index is 0.0923. The minimum Gasteiger partial charge on any atom is -0.379 e. The smallest absolute Gasteiger partial charge is 0.256 e. The summed E-state index contributed by atoms with van der Waals surface area (Å²) in [6.45, 7) is 3.86. The molecule has 0 N–H and O–H groups in total. The predicted octanol–water partition coefficient (Wildman–Crippen LogP) is 1.69. The number of hydrogen-bond donors (Lipinski definition) is 0. The molecule has 0 aromatic heterocycles. The monoisotopic (exact) mass is 484 g/mol. The average Bonchev–Trinajstić information content (AvgIpc) is 2.89. The largest absolute Gasteiger partial charge is 0.379 e. The number of anilines is 1. The van der Waals surface area contributed by atoms with Gasteiger partial charge in [-0.3, -0.25) is 4.79 Å². The molecule has 0 aliphatic carbocycles. The first kappa shape index (κ1) is 24.2. The molecule has 2 aliphatic rings. The molecule has 2 fully saturated rings. The van der Waals surface area contributed by atoms with Crippen LogP contribution in [-0.2, 0) is 26.0 Å². The maximum absolute atomic E-state index is 13.6. The Morgan fingerprint density at radius 1 is 1.03 bits per heavy atom. The second-order valence-electron chi connectivity index (χ2n) is 8.27. The Labute approximate surface area is 200 Å². The Morgan fingerprint density at radius 3 is 2.38 bits per heavy atom. The zero-order chi connectivity index (χ0) is 24.1. The van der Waals surface area contributed by atoms with Crippen LogP contribution < -0.4 is 4.90 Å². The summed E-state index contributed by atoms with van der Waals surface area (Å²) < 4.78 is 38.7. The van der Waals surface area contributed by atoms with Crippen molar-refractivity contribution in [1.29, 1.82) is 5.26 Å². The third-order valence-corrected chi connectivity index (χ3v) is 7.88. The summed E-state index contributed by atoms with van der Waals surface area (Å²) in [6, 6.07) is 14.0. The number of nitriles is 1. The van der Waals surface area contributed by atoms with Crippen molar-refractivity contribution < 1.29 is 22.7 Å². The van der Waals surface area contributed by atoms with Crippen molar-refractivity contribution in [2.75, 3.05) is 64.6 Å². The van der Waals surface area contributed by atoms with E-state index in [0.29, 0.717) is 56.3 Å². The molecule has 1 amide bonds. The van der Waals surface area contributed by atoms with Gasteiger partial charge < -0.3 is 19.3 Å². The summed E-state index contributed by atoms with van der Waals surface area (Å²) in [6.07, 6.45) is 0. The fraction of sp³-hybridized carbons (Fsp3) is 0.417. The summed E-state index contributed by atoms with van der Waals surface area (Å²) in [5.74, 6) is -0.289. The fourth-order valence-corrected chi connectivity index (χ4v) is 5.59. The van der Waals surface area contributed by atoms with E-state index in [9.17, 15) is 13.2 Å². The van der Waals surface area contributed by atoms with Gasteiger partial charge in [-0.1, -0.05) is 12.1 Å². The van der Waals surface area contributed by atoms with Crippen LogP contribution in [0.15, 0.2) is 47.4 Å². The number of ether oxygens (including phenoxy) is 2. The van der Waals surface area contributed by atoms with Crippen LogP contribution in [0.2, 0.25) is 0 Å². The topological polar surface area (TPSA) is 103 Å². The number of amides is 1. The van der Waals surface area contributed by atoms with Gasteiger partial charge in [-0.05, 0) is 35.9 Å². The van der Waals surface area contributed by atoms with E-state index in [2.05, 4.69) is 6.07 Å². The molecule has 2 aromatic rings. The minimum atomic E-state index is -3.76. The molecule has 10 heteroatoms. The van der Waals surface area contributed by atoms with Gasteiger partial charge in [0, 0.05) is 45.5 Å². The molecule has 2 aromatic carbocycles. The fourth-order valence-electron chi connectivity index (χ4n) is 4.15. The molecule has 4 rings (SSSR count). The van der Waals surface area contributed by atoms with Crippen LogP contribution in [0.5, 0.6) is 0 Å².